The molecule has 2 aromatic rings. The van der Waals surface area contributed by atoms with Gasteiger partial charge in [0, 0.05) is 18.0 Å². The number of halogens is 1. The van der Waals surface area contributed by atoms with Crippen molar-refractivity contribution < 1.29 is 9.59 Å². The number of carbonyl (C=O) groups excluding carboxylic acids is 2. The van der Waals surface area contributed by atoms with Gasteiger partial charge in [0.2, 0.25) is 5.78 Å². The third kappa shape index (κ3) is 2.78. The number of nitrogens with zero attached hydrogens (tertiary/aromatic N) is 2. The van der Waals surface area contributed by atoms with Crippen molar-refractivity contribution in [1.82, 2.24) is 9.97 Å². The van der Waals surface area contributed by atoms with Crippen molar-refractivity contribution in [1.29, 1.82) is 0 Å². The van der Waals surface area contributed by atoms with Crippen molar-refractivity contribution in [3.63, 3.8) is 0 Å². The Hall–Kier alpha value is -2.07. The average molecular weight is 261 g/mol. The molecule has 0 aliphatic carbocycles. The van der Waals surface area contributed by atoms with Crippen LogP contribution in [0.5, 0.6) is 0 Å². The number of aromatic nitrogens is 2. The summed E-state index contributed by atoms with van der Waals surface area (Å²) in [7, 11) is 0. The number of carbonyl (C=O) groups is 2. The van der Waals surface area contributed by atoms with Gasteiger partial charge in [-0.05, 0) is 18.2 Å². The van der Waals surface area contributed by atoms with Crippen LogP contribution in [0.15, 0.2) is 42.7 Å². The minimum absolute atomic E-state index is 0.0397. The van der Waals surface area contributed by atoms with Gasteiger partial charge >= 0.3 is 0 Å². The molecular weight excluding hydrogens is 252 g/mol. The van der Waals surface area contributed by atoms with E-state index in [1.54, 1.807) is 30.3 Å². The zero-order chi connectivity index (χ0) is 13.0. The number of rotatable bonds is 4. The normalized spacial score (nSPS) is 10.1. The second kappa shape index (κ2) is 5.51. The van der Waals surface area contributed by atoms with Gasteiger partial charge < -0.3 is 0 Å². The highest BCUT2D eigenvalue weighted by Crippen LogP contribution is 2.17. The molecule has 0 aliphatic heterocycles. The highest BCUT2D eigenvalue weighted by Gasteiger charge is 2.17. The smallest absolute Gasteiger partial charge is 0.207 e. The third-order valence-corrected chi connectivity index (χ3v) is 2.64. The number of benzene rings is 1. The van der Waals surface area contributed by atoms with Crippen molar-refractivity contribution in [3.8, 4) is 0 Å². The van der Waals surface area contributed by atoms with Gasteiger partial charge in [-0.25, -0.2) is 9.97 Å². The molecule has 1 heterocycles. The van der Waals surface area contributed by atoms with E-state index in [1.165, 1.54) is 12.4 Å². The molecule has 1 aromatic heterocycles. The minimum atomic E-state index is -0.416. The Kier molecular flexibility index (Phi) is 3.79. The lowest BCUT2D eigenvalue weighted by Gasteiger charge is -2.02. The Labute approximate surface area is 109 Å². The largest absolute Gasteiger partial charge is 0.294 e. The highest BCUT2D eigenvalue weighted by molar-refractivity contribution is 6.34. The Morgan fingerprint density at radius 3 is 2.33 bits per heavy atom. The SMILES string of the molecule is O=C(CC(=O)c1ccccc1Cl)c1ncccn1. The summed E-state index contributed by atoms with van der Waals surface area (Å²) in [6, 6.07) is 8.22. The summed E-state index contributed by atoms with van der Waals surface area (Å²) in [4.78, 5) is 31.2. The lowest BCUT2D eigenvalue weighted by Crippen LogP contribution is -2.11. The molecule has 0 unspecified atom stereocenters. The summed E-state index contributed by atoms with van der Waals surface area (Å²) in [5.74, 6) is -0.712. The van der Waals surface area contributed by atoms with Gasteiger partial charge in [0.25, 0.3) is 0 Å². The van der Waals surface area contributed by atoms with Crippen LogP contribution in [0.1, 0.15) is 27.4 Å². The fourth-order valence-corrected chi connectivity index (χ4v) is 1.69. The summed E-state index contributed by atoms with van der Waals surface area (Å²) >= 11 is 5.89. The zero-order valence-electron chi connectivity index (χ0n) is 9.34. The van der Waals surface area contributed by atoms with E-state index in [-0.39, 0.29) is 18.0 Å². The molecule has 0 N–H and O–H groups in total. The van der Waals surface area contributed by atoms with Crippen molar-refractivity contribution in [2.75, 3.05) is 0 Å². The van der Waals surface area contributed by atoms with Crippen LogP contribution in [0.25, 0.3) is 0 Å². The predicted molar refractivity (Wildman–Crippen MR) is 66.8 cm³/mol. The average Bonchev–Trinajstić information content (AvgIpc) is 2.40. The second-order valence-electron chi connectivity index (χ2n) is 3.58. The molecule has 1 aromatic carbocycles. The number of hydrogen-bond donors (Lipinski definition) is 0. The molecule has 0 saturated heterocycles. The summed E-state index contributed by atoms with van der Waals surface area (Å²) in [6.07, 6.45) is 2.63. The predicted octanol–water partition coefficient (Wildman–Crippen LogP) is 2.59. The van der Waals surface area contributed by atoms with Gasteiger partial charge in [0.05, 0.1) is 11.4 Å². The van der Waals surface area contributed by atoms with Crippen molar-refractivity contribution in [2.24, 2.45) is 0 Å². The van der Waals surface area contributed by atoms with Crippen LogP contribution in [-0.4, -0.2) is 21.5 Å². The van der Waals surface area contributed by atoms with E-state index >= 15 is 0 Å². The molecule has 5 heteroatoms. The second-order valence-corrected chi connectivity index (χ2v) is 3.98. The maximum Gasteiger partial charge on any atom is 0.207 e. The molecule has 0 spiro atoms. The fourth-order valence-electron chi connectivity index (χ4n) is 1.45. The lowest BCUT2D eigenvalue weighted by molar-refractivity contribution is 0.0888. The quantitative estimate of drug-likeness (QED) is 0.626. The summed E-state index contributed by atoms with van der Waals surface area (Å²) in [5.41, 5.74) is 0.337. The standard InChI is InChI=1S/C13H9ClN2O2/c14-10-5-2-1-4-9(10)11(17)8-12(18)13-15-6-3-7-16-13/h1-7H,8H2. The molecule has 0 radical (unpaired) electrons. The van der Waals surface area contributed by atoms with Crippen LogP contribution >= 0.6 is 11.6 Å². The van der Waals surface area contributed by atoms with Crippen molar-refractivity contribution >= 4 is 23.2 Å². The molecule has 0 atom stereocenters. The Bertz CT molecular complexity index is 585. The maximum atomic E-state index is 11.9. The van der Waals surface area contributed by atoms with Crippen LogP contribution in [0.3, 0.4) is 0 Å². The molecule has 90 valence electrons. The first-order valence-corrected chi connectivity index (χ1v) is 5.64. The van der Waals surface area contributed by atoms with Gasteiger partial charge in [0.1, 0.15) is 0 Å². The summed E-state index contributed by atoms with van der Waals surface area (Å²) in [6.45, 7) is 0. The van der Waals surface area contributed by atoms with E-state index in [2.05, 4.69) is 9.97 Å². The lowest BCUT2D eigenvalue weighted by atomic mass is 10.1. The molecule has 4 nitrogen and oxygen atoms in total. The number of Topliss-reactive ketones (excluding diaryl/α,β-unsaturated/α-hetero) is 2. The Balaban J connectivity index is 2.14. The van der Waals surface area contributed by atoms with Crippen LogP contribution in [0.4, 0.5) is 0 Å². The van der Waals surface area contributed by atoms with Gasteiger partial charge in [-0.1, -0.05) is 23.7 Å². The van der Waals surface area contributed by atoms with E-state index in [9.17, 15) is 9.59 Å². The molecular formula is C13H9ClN2O2. The first kappa shape index (κ1) is 12.4. The molecule has 2 rings (SSSR count). The first-order chi connectivity index (χ1) is 8.68. The monoisotopic (exact) mass is 260 g/mol. The Morgan fingerprint density at radius 1 is 1.00 bits per heavy atom. The van der Waals surface area contributed by atoms with Crippen LogP contribution in [0, 0.1) is 0 Å². The maximum absolute atomic E-state index is 11.9. The minimum Gasteiger partial charge on any atom is -0.294 e. The molecule has 0 saturated carbocycles. The first-order valence-electron chi connectivity index (χ1n) is 5.26. The summed E-state index contributed by atoms with van der Waals surface area (Å²) in [5, 5.41) is 0.337. The van der Waals surface area contributed by atoms with Crippen LogP contribution < -0.4 is 0 Å². The van der Waals surface area contributed by atoms with E-state index < -0.39 is 5.78 Å². The number of hydrogen-bond acceptors (Lipinski definition) is 4. The number of ketones is 2. The van der Waals surface area contributed by atoms with Crippen molar-refractivity contribution in [2.45, 2.75) is 6.42 Å². The molecule has 0 amide bonds. The van der Waals surface area contributed by atoms with Crippen LogP contribution in [0.2, 0.25) is 5.02 Å². The molecule has 0 bridgehead atoms. The van der Waals surface area contributed by atoms with Gasteiger partial charge in [0.15, 0.2) is 11.6 Å². The van der Waals surface area contributed by atoms with E-state index in [4.69, 9.17) is 11.6 Å². The van der Waals surface area contributed by atoms with E-state index in [1.807, 2.05) is 0 Å². The third-order valence-electron chi connectivity index (χ3n) is 2.31. The highest BCUT2D eigenvalue weighted by atomic mass is 35.5. The van der Waals surface area contributed by atoms with Gasteiger partial charge in [-0.15, -0.1) is 0 Å². The molecule has 0 aliphatic rings. The topological polar surface area (TPSA) is 59.9 Å². The van der Waals surface area contributed by atoms with E-state index in [0.29, 0.717) is 10.6 Å². The Morgan fingerprint density at radius 2 is 1.67 bits per heavy atom. The van der Waals surface area contributed by atoms with Gasteiger partial charge in [-0.2, -0.15) is 0 Å². The van der Waals surface area contributed by atoms with E-state index in [0.717, 1.165) is 0 Å². The van der Waals surface area contributed by atoms with Crippen LogP contribution in [-0.2, 0) is 0 Å². The van der Waals surface area contributed by atoms with Gasteiger partial charge in [-0.3, -0.25) is 9.59 Å². The van der Waals surface area contributed by atoms with Crippen molar-refractivity contribution in [3.05, 3.63) is 59.1 Å². The molecule has 0 fully saturated rings. The summed E-state index contributed by atoms with van der Waals surface area (Å²) < 4.78 is 0. The molecule has 18 heavy (non-hydrogen) atoms. The zero-order valence-corrected chi connectivity index (χ0v) is 10.1. The fraction of sp³-hybridized carbons (Fsp3) is 0.0769.